The summed E-state index contributed by atoms with van der Waals surface area (Å²) in [7, 11) is 0. The Morgan fingerprint density at radius 3 is 2.59 bits per heavy atom. The molecule has 1 aromatic carbocycles. The van der Waals surface area contributed by atoms with Crippen molar-refractivity contribution in [3.05, 3.63) is 65.5 Å². The van der Waals surface area contributed by atoms with Gasteiger partial charge in [-0.1, -0.05) is 18.7 Å². The van der Waals surface area contributed by atoms with Gasteiger partial charge in [0.2, 0.25) is 0 Å². The van der Waals surface area contributed by atoms with Crippen LogP contribution in [0.4, 0.5) is 0 Å². The monoisotopic (exact) mass is 470 g/mol. The maximum Gasteiger partial charge on any atom is 0.308 e. The van der Waals surface area contributed by atoms with Crippen molar-refractivity contribution in [1.82, 2.24) is 19.5 Å². The van der Waals surface area contributed by atoms with Crippen LogP contribution in [0.3, 0.4) is 0 Å². The van der Waals surface area contributed by atoms with E-state index >= 15 is 0 Å². The average Bonchev–Trinajstić information content (AvgIpc) is 3.45. The third-order valence-electron chi connectivity index (χ3n) is 4.94. The van der Waals surface area contributed by atoms with Gasteiger partial charge >= 0.3 is 11.9 Å². The normalized spacial score (nSPS) is 18.0. The number of H-pyrrole nitrogens is 1. The second kappa shape index (κ2) is 11.3. The highest BCUT2D eigenvalue weighted by molar-refractivity contribution is 5.69. The van der Waals surface area contributed by atoms with E-state index in [-0.39, 0.29) is 36.4 Å². The van der Waals surface area contributed by atoms with Crippen LogP contribution in [0, 0.1) is 0 Å². The largest absolute Gasteiger partial charge is 0.453 e. The predicted octanol–water partition coefficient (Wildman–Crippen LogP) is 2.19. The number of aromatic nitrogens is 4. The molecule has 0 unspecified atom stereocenters. The van der Waals surface area contributed by atoms with E-state index in [1.165, 1.54) is 26.3 Å². The van der Waals surface area contributed by atoms with Crippen molar-refractivity contribution in [2.45, 2.75) is 45.1 Å². The average molecular weight is 470 g/mol. The Balaban J connectivity index is 0.000000191. The van der Waals surface area contributed by atoms with Crippen LogP contribution in [0.15, 0.2) is 54.4 Å². The lowest BCUT2D eigenvalue weighted by Gasteiger charge is -2.13. The number of aliphatic hydroxyl groups is 1. The zero-order valence-corrected chi connectivity index (χ0v) is 18.8. The number of hydrogen-bond acceptors (Lipinski definition) is 9. The number of nitrogens with one attached hydrogen (secondary N) is 1. The van der Waals surface area contributed by atoms with E-state index in [2.05, 4.69) is 21.5 Å². The molecule has 11 nitrogen and oxygen atoms in total. The van der Waals surface area contributed by atoms with Gasteiger partial charge in [0.25, 0.3) is 5.56 Å². The van der Waals surface area contributed by atoms with Crippen molar-refractivity contribution in [2.75, 3.05) is 6.61 Å². The predicted molar refractivity (Wildman–Crippen MR) is 121 cm³/mol. The number of carbonyl (C=O) groups is 2. The van der Waals surface area contributed by atoms with Crippen molar-refractivity contribution in [1.29, 1.82) is 0 Å². The Hall–Kier alpha value is -3.83. The molecule has 3 heterocycles. The summed E-state index contributed by atoms with van der Waals surface area (Å²) < 4.78 is 17.3. The molecule has 1 aliphatic rings. The number of carbonyl (C=O) groups excluding carboxylic acids is 2. The van der Waals surface area contributed by atoms with Crippen molar-refractivity contribution in [3.63, 3.8) is 0 Å². The Morgan fingerprint density at radius 2 is 2.00 bits per heavy atom. The van der Waals surface area contributed by atoms with E-state index in [1.54, 1.807) is 35.2 Å². The van der Waals surface area contributed by atoms with Gasteiger partial charge in [0, 0.05) is 13.8 Å². The zero-order chi connectivity index (χ0) is 24.7. The first-order chi connectivity index (χ1) is 16.3. The zero-order valence-electron chi connectivity index (χ0n) is 18.8. The molecule has 11 heteroatoms. The van der Waals surface area contributed by atoms with Gasteiger partial charge in [0.1, 0.15) is 18.1 Å². The third-order valence-corrected chi connectivity index (χ3v) is 4.94. The van der Waals surface area contributed by atoms with Crippen molar-refractivity contribution in [2.24, 2.45) is 0 Å². The molecular formula is C23H26N4O7. The molecule has 2 N–H and O–H groups in total. The smallest absolute Gasteiger partial charge is 0.308 e. The number of ether oxygens (including phenoxy) is 3. The van der Waals surface area contributed by atoms with Gasteiger partial charge in [-0.05, 0) is 36.6 Å². The number of fused-ring (bicyclic) bond motifs is 1. The van der Waals surface area contributed by atoms with E-state index in [4.69, 9.17) is 19.3 Å². The molecule has 180 valence electrons. The molecule has 0 amide bonds. The standard InChI is InChI=1S/C13H14O4.C10H12N4O3/c1-4-13(17-10(3)15)11-5-7-12(8-6-11)16-9(2)14;15-3-6-1-2-7(17-6)14-5-13-8-9(14)11-4-12-10(8)16/h4-8,13H,1H2,2-3H3;4-7,15H,1-3H2,(H,11,12,16)/t13-;6-,7+/m00/s1. The summed E-state index contributed by atoms with van der Waals surface area (Å²) in [6.45, 7) is 6.28. The van der Waals surface area contributed by atoms with Crippen molar-refractivity contribution in [3.8, 4) is 5.75 Å². The van der Waals surface area contributed by atoms with Gasteiger partial charge in [-0.25, -0.2) is 9.97 Å². The number of benzene rings is 1. The maximum absolute atomic E-state index is 11.5. The van der Waals surface area contributed by atoms with Crippen LogP contribution in [-0.2, 0) is 19.1 Å². The van der Waals surface area contributed by atoms with Crippen LogP contribution in [0.1, 0.15) is 44.6 Å². The molecule has 3 atom stereocenters. The molecule has 0 aliphatic carbocycles. The summed E-state index contributed by atoms with van der Waals surface area (Å²) in [5, 5.41) is 9.02. The molecule has 0 spiro atoms. The highest BCUT2D eigenvalue weighted by Crippen LogP contribution is 2.29. The second-order valence-corrected chi connectivity index (χ2v) is 7.46. The Labute approximate surface area is 195 Å². The van der Waals surface area contributed by atoms with Crippen LogP contribution >= 0.6 is 0 Å². The van der Waals surface area contributed by atoms with E-state index in [9.17, 15) is 14.4 Å². The maximum atomic E-state index is 11.5. The summed E-state index contributed by atoms with van der Waals surface area (Å²) in [6.07, 6.45) is 5.18. The van der Waals surface area contributed by atoms with Gasteiger partial charge in [0.15, 0.2) is 11.2 Å². The Kier molecular flexibility index (Phi) is 8.28. The molecular weight excluding hydrogens is 444 g/mol. The lowest BCUT2D eigenvalue weighted by molar-refractivity contribution is -0.144. The highest BCUT2D eigenvalue weighted by Gasteiger charge is 2.27. The van der Waals surface area contributed by atoms with Crippen molar-refractivity contribution >= 4 is 23.1 Å². The van der Waals surface area contributed by atoms with Gasteiger partial charge in [-0.15, -0.1) is 0 Å². The van der Waals surface area contributed by atoms with E-state index < -0.39 is 6.10 Å². The van der Waals surface area contributed by atoms with Crippen LogP contribution in [0.5, 0.6) is 5.75 Å². The quantitative estimate of drug-likeness (QED) is 0.314. The number of aliphatic hydroxyl groups excluding tert-OH is 1. The minimum absolute atomic E-state index is 0.0111. The molecule has 4 rings (SSSR count). The lowest BCUT2D eigenvalue weighted by atomic mass is 10.1. The van der Waals surface area contributed by atoms with Crippen LogP contribution in [0.2, 0.25) is 0 Å². The fraction of sp³-hybridized carbons (Fsp3) is 0.348. The summed E-state index contributed by atoms with van der Waals surface area (Å²) >= 11 is 0. The number of nitrogens with zero attached hydrogens (tertiary/aromatic N) is 3. The Bertz CT molecular complexity index is 1200. The number of hydrogen-bond donors (Lipinski definition) is 2. The van der Waals surface area contributed by atoms with Gasteiger partial charge in [-0.3, -0.25) is 19.0 Å². The van der Waals surface area contributed by atoms with Gasteiger partial charge in [0.05, 0.1) is 25.4 Å². The van der Waals surface area contributed by atoms with Gasteiger partial charge < -0.3 is 24.3 Å². The first-order valence-corrected chi connectivity index (χ1v) is 10.6. The van der Waals surface area contributed by atoms with Gasteiger partial charge in [-0.2, -0.15) is 0 Å². The number of esters is 2. The number of rotatable bonds is 6. The van der Waals surface area contributed by atoms with Crippen LogP contribution in [0.25, 0.3) is 11.2 Å². The number of imidazole rings is 1. The minimum Gasteiger partial charge on any atom is -0.453 e. The topological polar surface area (TPSA) is 146 Å². The molecule has 34 heavy (non-hydrogen) atoms. The van der Waals surface area contributed by atoms with E-state index in [1.807, 2.05) is 0 Å². The first kappa shape index (κ1) is 24.8. The summed E-state index contributed by atoms with van der Waals surface area (Å²) in [4.78, 5) is 43.7. The summed E-state index contributed by atoms with van der Waals surface area (Å²) in [5.74, 6) is -0.302. The molecule has 3 aromatic rings. The van der Waals surface area contributed by atoms with Crippen LogP contribution in [-0.4, -0.2) is 49.3 Å². The molecule has 1 aliphatic heterocycles. The summed E-state index contributed by atoms with van der Waals surface area (Å²) in [6, 6.07) is 6.70. The van der Waals surface area contributed by atoms with E-state index in [0.29, 0.717) is 16.9 Å². The first-order valence-electron chi connectivity index (χ1n) is 10.6. The van der Waals surface area contributed by atoms with Crippen LogP contribution < -0.4 is 10.3 Å². The highest BCUT2D eigenvalue weighted by atomic mass is 16.5. The van der Waals surface area contributed by atoms with Crippen molar-refractivity contribution < 1.29 is 28.9 Å². The Morgan fingerprint density at radius 1 is 1.26 bits per heavy atom. The molecule has 0 saturated carbocycles. The van der Waals surface area contributed by atoms with E-state index in [0.717, 1.165) is 18.4 Å². The lowest BCUT2D eigenvalue weighted by Crippen LogP contribution is -2.14. The molecule has 0 bridgehead atoms. The fourth-order valence-electron chi connectivity index (χ4n) is 3.42. The summed E-state index contributed by atoms with van der Waals surface area (Å²) in [5.41, 5.74) is 1.33. The SMILES string of the molecule is C=C[C@H](OC(C)=O)c1ccc(OC(C)=O)cc1.O=c1[nH]cnc2c1ncn2[C@H]1CC[C@@H](CO)O1. The third kappa shape index (κ3) is 6.15. The molecule has 2 aromatic heterocycles. The second-order valence-electron chi connectivity index (χ2n) is 7.46. The minimum atomic E-state index is -0.487. The number of aromatic amines is 1. The molecule has 1 fully saturated rings. The molecule has 0 radical (unpaired) electrons. The fourth-order valence-corrected chi connectivity index (χ4v) is 3.42. The molecule has 1 saturated heterocycles.